The van der Waals surface area contributed by atoms with Crippen LogP contribution in [0.15, 0.2) is 72.8 Å². The van der Waals surface area contributed by atoms with Crippen LogP contribution < -0.4 is 4.18 Å². The van der Waals surface area contributed by atoms with Gasteiger partial charge in [0.15, 0.2) is 0 Å². The maximum absolute atomic E-state index is 12.7. The standard InChI is InChI=1S/C30H40O3.C24H29F3O5S/c1-8-29(32,9-2)19-18-25-13-16-27(21-23(25)6)30(10-3,11-4)26-15-12-24(22(5)20-26)14-17-28(31)33-7;1-6-23(7-2,19-10-8-18(16(3)14-19)9-13-22(28)31-5)20-11-12-21(17(4)15-20)32-33(29,30)24(25,26)27/h12-13,15-16,20-21,32H,8-11,14,17H2,1-7H3;8,10-12,14-15H,6-7,9,13H2,1-5H3. The second-order valence-corrected chi connectivity index (χ2v) is 18.5. The van der Waals surface area contributed by atoms with Crippen molar-refractivity contribution >= 4 is 22.1 Å². The Hall–Kier alpha value is -5.12. The molecule has 360 valence electrons. The van der Waals surface area contributed by atoms with Gasteiger partial charge < -0.3 is 18.8 Å². The molecule has 0 unspecified atom stereocenters. The molecule has 0 saturated carbocycles. The summed E-state index contributed by atoms with van der Waals surface area (Å²) in [7, 11) is -2.96. The predicted molar refractivity (Wildman–Crippen MR) is 256 cm³/mol. The van der Waals surface area contributed by atoms with Crippen LogP contribution in [-0.2, 0) is 52.9 Å². The summed E-state index contributed by atoms with van der Waals surface area (Å²) in [5.74, 6) is 5.49. The fourth-order valence-electron chi connectivity index (χ4n) is 8.61. The molecule has 0 bridgehead atoms. The second-order valence-electron chi connectivity index (χ2n) is 17.0. The third-order valence-electron chi connectivity index (χ3n) is 13.4. The van der Waals surface area contributed by atoms with E-state index in [9.17, 15) is 36.3 Å². The quantitative estimate of drug-likeness (QED) is 0.0454. The average Bonchev–Trinajstić information content (AvgIpc) is 3.29. The molecule has 8 nitrogen and oxygen atoms in total. The molecular weight excluding hydrogens is 866 g/mol. The fourth-order valence-corrected chi connectivity index (χ4v) is 9.13. The van der Waals surface area contributed by atoms with Crippen molar-refractivity contribution in [2.45, 2.75) is 155 Å². The zero-order chi connectivity index (χ0) is 49.7. The number of hydrogen-bond acceptors (Lipinski definition) is 8. The van der Waals surface area contributed by atoms with Crippen LogP contribution >= 0.6 is 0 Å². The Kier molecular flexibility index (Phi) is 19.7. The number of halogens is 3. The van der Waals surface area contributed by atoms with Crippen molar-refractivity contribution in [2.24, 2.45) is 0 Å². The van der Waals surface area contributed by atoms with Crippen LogP contribution in [0.5, 0.6) is 5.75 Å². The lowest BCUT2D eigenvalue weighted by Gasteiger charge is -2.34. The van der Waals surface area contributed by atoms with E-state index in [4.69, 9.17) is 9.47 Å². The molecule has 0 aliphatic rings. The molecule has 0 fully saturated rings. The number of methoxy groups -OCH3 is 2. The molecule has 12 heteroatoms. The Balaban J connectivity index is 0.000000350. The number of benzene rings is 4. The number of esters is 2. The molecule has 66 heavy (non-hydrogen) atoms. The first-order valence-corrected chi connectivity index (χ1v) is 24.2. The van der Waals surface area contributed by atoms with Crippen LogP contribution in [0, 0.1) is 39.5 Å². The van der Waals surface area contributed by atoms with E-state index in [2.05, 4.69) is 86.2 Å². The zero-order valence-electron chi connectivity index (χ0n) is 40.8. The van der Waals surface area contributed by atoms with Crippen molar-refractivity contribution in [3.63, 3.8) is 0 Å². The highest BCUT2D eigenvalue weighted by molar-refractivity contribution is 7.88. The van der Waals surface area contributed by atoms with E-state index < -0.39 is 26.6 Å². The summed E-state index contributed by atoms with van der Waals surface area (Å²) in [6, 6.07) is 23.8. The first-order valence-electron chi connectivity index (χ1n) is 22.8. The highest BCUT2D eigenvalue weighted by Crippen LogP contribution is 2.42. The summed E-state index contributed by atoms with van der Waals surface area (Å²) >= 11 is 0. The Morgan fingerprint density at radius 1 is 0.576 bits per heavy atom. The molecule has 0 radical (unpaired) electrons. The monoisotopic (exact) mass is 934 g/mol. The molecule has 0 amide bonds. The summed E-state index contributed by atoms with van der Waals surface area (Å²) in [6.07, 6.45) is 6.58. The minimum absolute atomic E-state index is 0.0874. The molecule has 0 spiro atoms. The van der Waals surface area contributed by atoms with Crippen LogP contribution in [0.3, 0.4) is 0 Å². The lowest BCUT2D eigenvalue weighted by Crippen LogP contribution is -2.29. The van der Waals surface area contributed by atoms with Gasteiger partial charge in [0, 0.05) is 29.2 Å². The molecule has 0 saturated heterocycles. The highest BCUT2D eigenvalue weighted by Gasteiger charge is 2.49. The molecule has 0 aliphatic carbocycles. The van der Waals surface area contributed by atoms with Gasteiger partial charge in [-0.05, 0) is 147 Å². The van der Waals surface area contributed by atoms with Crippen molar-refractivity contribution in [2.75, 3.05) is 14.2 Å². The number of carbonyl (C=O) groups excluding carboxylic acids is 2. The zero-order valence-corrected chi connectivity index (χ0v) is 41.7. The Labute approximate surface area is 391 Å². The molecule has 4 rings (SSSR count). The van der Waals surface area contributed by atoms with Crippen molar-refractivity contribution in [3.05, 3.63) is 134 Å². The van der Waals surface area contributed by atoms with Crippen molar-refractivity contribution in [1.29, 1.82) is 0 Å². The van der Waals surface area contributed by atoms with E-state index in [1.54, 1.807) is 12.1 Å². The SMILES string of the molecule is CCC(CC)(c1ccc(CCC(=O)OC)c(C)c1)c1ccc(OS(=O)(=O)C(F)(F)F)c(C)c1.CCC(O)(C#Cc1ccc(C(CC)(CC)c2ccc(CCC(=O)OC)c(C)c2)cc1C)CC. The van der Waals surface area contributed by atoms with Crippen LogP contribution in [-0.4, -0.2) is 50.8 Å². The third kappa shape index (κ3) is 13.1. The van der Waals surface area contributed by atoms with Gasteiger partial charge in [-0.15, -0.1) is 0 Å². The lowest BCUT2D eigenvalue weighted by atomic mass is 9.69. The molecular formula is C54H69F3O8S. The summed E-state index contributed by atoms with van der Waals surface area (Å²) in [5.41, 5.74) is 4.37. The lowest BCUT2D eigenvalue weighted by molar-refractivity contribution is -0.141. The van der Waals surface area contributed by atoms with Gasteiger partial charge in [0.05, 0.1) is 14.2 Å². The number of aliphatic hydroxyl groups is 1. The van der Waals surface area contributed by atoms with Gasteiger partial charge in [0.2, 0.25) is 0 Å². The first-order chi connectivity index (χ1) is 31.0. The Bertz CT molecular complexity index is 2470. The van der Waals surface area contributed by atoms with E-state index in [1.165, 1.54) is 49.5 Å². The summed E-state index contributed by atoms with van der Waals surface area (Å²) in [4.78, 5) is 23.0. The van der Waals surface area contributed by atoms with Crippen LogP contribution in [0.2, 0.25) is 0 Å². The van der Waals surface area contributed by atoms with Gasteiger partial charge in [-0.1, -0.05) is 114 Å². The molecule has 4 aromatic rings. The Morgan fingerprint density at radius 3 is 1.29 bits per heavy atom. The predicted octanol–water partition coefficient (Wildman–Crippen LogP) is 12.2. The first kappa shape index (κ1) is 55.2. The molecule has 1 N–H and O–H groups in total. The van der Waals surface area contributed by atoms with Gasteiger partial charge in [-0.25, -0.2) is 0 Å². The van der Waals surface area contributed by atoms with E-state index >= 15 is 0 Å². The maximum atomic E-state index is 12.7. The minimum Gasteiger partial charge on any atom is -0.469 e. The second kappa shape index (κ2) is 23.6. The summed E-state index contributed by atoms with van der Waals surface area (Å²) in [5, 5.41) is 10.5. The van der Waals surface area contributed by atoms with Gasteiger partial charge in [0.25, 0.3) is 0 Å². The summed E-state index contributed by atoms with van der Waals surface area (Å²) in [6.45, 7) is 20.2. The number of rotatable bonds is 18. The number of alkyl halides is 3. The maximum Gasteiger partial charge on any atom is 0.534 e. The molecule has 0 heterocycles. The summed E-state index contributed by atoms with van der Waals surface area (Å²) < 4.78 is 74.7. The van der Waals surface area contributed by atoms with Crippen molar-refractivity contribution in [3.8, 4) is 17.6 Å². The smallest absolute Gasteiger partial charge is 0.469 e. The van der Waals surface area contributed by atoms with E-state index in [0.29, 0.717) is 44.9 Å². The average molecular weight is 935 g/mol. The Morgan fingerprint density at radius 2 is 0.955 bits per heavy atom. The largest absolute Gasteiger partial charge is 0.534 e. The number of ether oxygens (including phenoxy) is 2. The van der Waals surface area contributed by atoms with Gasteiger partial charge in [-0.2, -0.15) is 21.6 Å². The normalized spacial score (nSPS) is 12.1. The highest BCUT2D eigenvalue weighted by atomic mass is 32.2. The topological polar surface area (TPSA) is 116 Å². The minimum atomic E-state index is -5.74. The number of carbonyl (C=O) groups is 2. The van der Waals surface area contributed by atoms with Gasteiger partial charge in [-0.3, -0.25) is 9.59 Å². The van der Waals surface area contributed by atoms with E-state index in [-0.39, 0.29) is 35.1 Å². The molecule has 0 aromatic heterocycles. The van der Waals surface area contributed by atoms with Crippen molar-refractivity contribution in [1.82, 2.24) is 0 Å². The van der Waals surface area contributed by atoms with Crippen molar-refractivity contribution < 1.29 is 49.9 Å². The van der Waals surface area contributed by atoms with Crippen LogP contribution in [0.4, 0.5) is 13.2 Å². The van der Waals surface area contributed by atoms with E-state index in [0.717, 1.165) is 46.2 Å². The van der Waals surface area contributed by atoms with E-state index in [1.807, 2.05) is 46.8 Å². The van der Waals surface area contributed by atoms with Crippen LogP contribution in [0.1, 0.15) is 154 Å². The third-order valence-corrected chi connectivity index (χ3v) is 14.4. The number of aryl methyl sites for hydroxylation is 6. The number of hydrogen-bond donors (Lipinski definition) is 1. The molecule has 0 aliphatic heterocycles. The fraction of sp³-hybridized carbons (Fsp3) is 0.481. The molecule has 4 aromatic carbocycles. The molecule has 0 atom stereocenters. The van der Waals surface area contributed by atoms with Gasteiger partial charge in [0.1, 0.15) is 11.4 Å². The van der Waals surface area contributed by atoms with Gasteiger partial charge >= 0.3 is 27.6 Å². The van der Waals surface area contributed by atoms with Crippen LogP contribution in [0.25, 0.3) is 0 Å².